The summed E-state index contributed by atoms with van der Waals surface area (Å²) in [4.78, 5) is 31.3. The Morgan fingerprint density at radius 3 is 2.23 bits per heavy atom. The van der Waals surface area contributed by atoms with Crippen LogP contribution in [0.3, 0.4) is 0 Å². The summed E-state index contributed by atoms with van der Waals surface area (Å²) in [5.74, 6) is -0.261. The van der Waals surface area contributed by atoms with Gasteiger partial charge in [0.2, 0.25) is 5.78 Å². The molecule has 2 N–H and O–H groups in total. The van der Waals surface area contributed by atoms with E-state index in [1.807, 2.05) is 31.2 Å². The molecule has 0 bridgehead atoms. The van der Waals surface area contributed by atoms with Crippen LogP contribution in [0.5, 0.6) is 0 Å². The molecule has 4 nitrogen and oxygen atoms in total. The monoisotopic (exact) mass is 434 g/mol. The summed E-state index contributed by atoms with van der Waals surface area (Å²) < 4.78 is 0. The number of benzene rings is 2. The van der Waals surface area contributed by atoms with Crippen LogP contribution >= 0.6 is 22.9 Å². The zero-order valence-corrected chi connectivity index (χ0v) is 18.3. The van der Waals surface area contributed by atoms with E-state index < -0.39 is 0 Å². The van der Waals surface area contributed by atoms with Crippen molar-refractivity contribution in [2.45, 2.75) is 20.8 Å². The molecule has 4 aromatic rings. The quantitative estimate of drug-likeness (QED) is 0.385. The van der Waals surface area contributed by atoms with Gasteiger partial charge in [-0.05, 0) is 38.5 Å². The SMILES string of the molecule is CC(=O)c1c(C)nc2sc(C(=O)c3ccc(C)cc3)c(N)c2c1-c1ccc(Cl)cc1. The smallest absolute Gasteiger partial charge is 0.205 e. The summed E-state index contributed by atoms with van der Waals surface area (Å²) in [5, 5.41) is 1.23. The number of carbonyl (C=O) groups excluding carboxylic acids is 2. The molecule has 6 heteroatoms. The highest BCUT2D eigenvalue weighted by atomic mass is 35.5. The predicted octanol–water partition coefficient (Wildman–Crippen LogP) is 6.25. The van der Waals surface area contributed by atoms with E-state index in [1.54, 1.807) is 31.2 Å². The summed E-state index contributed by atoms with van der Waals surface area (Å²) in [5.41, 5.74) is 11.1. The molecule has 0 unspecified atom stereocenters. The molecule has 150 valence electrons. The zero-order valence-electron chi connectivity index (χ0n) is 16.7. The maximum Gasteiger partial charge on any atom is 0.205 e. The number of fused-ring (bicyclic) bond motifs is 1. The van der Waals surface area contributed by atoms with Gasteiger partial charge in [0, 0.05) is 27.1 Å². The highest BCUT2D eigenvalue weighted by Crippen LogP contribution is 2.43. The molecule has 2 aromatic carbocycles. The second kappa shape index (κ2) is 7.67. The maximum absolute atomic E-state index is 13.2. The van der Waals surface area contributed by atoms with E-state index in [4.69, 9.17) is 17.3 Å². The third-order valence-electron chi connectivity index (χ3n) is 5.06. The van der Waals surface area contributed by atoms with Gasteiger partial charge in [0.1, 0.15) is 9.71 Å². The number of carbonyl (C=O) groups is 2. The number of ketones is 2. The minimum absolute atomic E-state index is 0.108. The van der Waals surface area contributed by atoms with Crippen molar-refractivity contribution in [3.63, 3.8) is 0 Å². The summed E-state index contributed by atoms with van der Waals surface area (Å²) in [6.45, 7) is 5.28. The highest BCUT2D eigenvalue weighted by Gasteiger charge is 2.25. The van der Waals surface area contributed by atoms with Gasteiger partial charge in [0.25, 0.3) is 0 Å². The van der Waals surface area contributed by atoms with Crippen molar-refractivity contribution in [2.75, 3.05) is 5.73 Å². The number of Topliss-reactive ketones (excluding diaryl/α,β-unsaturated/α-hetero) is 1. The molecule has 0 spiro atoms. The molecule has 0 aliphatic heterocycles. The zero-order chi connectivity index (χ0) is 21.6. The molecule has 30 heavy (non-hydrogen) atoms. The number of aromatic nitrogens is 1. The van der Waals surface area contributed by atoms with E-state index in [-0.39, 0.29) is 11.6 Å². The topological polar surface area (TPSA) is 73.0 Å². The van der Waals surface area contributed by atoms with Crippen LogP contribution in [-0.2, 0) is 0 Å². The molecule has 2 aromatic heterocycles. The average Bonchev–Trinajstić information content (AvgIpc) is 3.03. The van der Waals surface area contributed by atoms with Crippen LogP contribution < -0.4 is 5.73 Å². The van der Waals surface area contributed by atoms with Crippen LogP contribution in [0.4, 0.5) is 5.69 Å². The Balaban J connectivity index is 2.02. The first-order chi connectivity index (χ1) is 14.3. The molecule has 0 saturated heterocycles. The number of halogens is 1. The standard InChI is InChI=1S/C24H19ClN2O2S/c1-12-4-6-16(7-5-12)22(29)23-21(26)20-19(15-8-10-17(25)11-9-15)18(14(3)28)13(2)27-24(20)30-23/h4-11H,26H2,1-3H3. The lowest BCUT2D eigenvalue weighted by Gasteiger charge is -2.13. The van der Waals surface area contributed by atoms with Gasteiger partial charge in [-0.1, -0.05) is 53.6 Å². The van der Waals surface area contributed by atoms with E-state index in [0.717, 1.165) is 11.1 Å². The van der Waals surface area contributed by atoms with Gasteiger partial charge in [-0.2, -0.15) is 0 Å². The Morgan fingerprint density at radius 2 is 1.63 bits per heavy atom. The summed E-state index contributed by atoms with van der Waals surface area (Å²) in [7, 11) is 0. The van der Waals surface area contributed by atoms with Crippen LogP contribution in [0.25, 0.3) is 21.3 Å². The normalized spacial score (nSPS) is 11.1. The Morgan fingerprint density at radius 1 is 1.00 bits per heavy atom. The molecule has 4 rings (SSSR count). The van der Waals surface area contributed by atoms with Gasteiger partial charge in [0.15, 0.2) is 5.78 Å². The molecular formula is C24H19ClN2O2S. The minimum Gasteiger partial charge on any atom is -0.397 e. The number of anilines is 1. The third-order valence-corrected chi connectivity index (χ3v) is 6.41. The Labute approximate surface area is 183 Å². The number of hydrogen-bond acceptors (Lipinski definition) is 5. The van der Waals surface area contributed by atoms with Crippen molar-refractivity contribution in [3.8, 4) is 11.1 Å². The number of aryl methyl sites for hydroxylation is 2. The van der Waals surface area contributed by atoms with Gasteiger partial charge < -0.3 is 5.73 Å². The number of pyridine rings is 1. The van der Waals surface area contributed by atoms with Crippen molar-refractivity contribution in [1.82, 2.24) is 4.98 Å². The summed E-state index contributed by atoms with van der Waals surface area (Å²) >= 11 is 7.31. The van der Waals surface area contributed by atoms with E-state index in [0.29, 0.717) is 48.2 Å². The van der Waals surface area contributed by atoms with Crippen molar-refractivity contribution in [1.29, 1.82) is 0 Å². The summed E-state index contributed by atoms with van der Waals surface area (Å²) in [6, 6.07) is 14.6. The first-order valence-corrected chi connectivity index (χ1v) is 10.6. The Bertz CT molecular complexity index is 1310. The van der Waals surface area contributed by atoms with Crippen molar-refractivity contribution < 1.29 is 9.59 Å². The van der Waals surface area contributed by atoms with Gasteiger partial charge in [0.05, 0.1) is 11.4 Å². The first-order valence-electron chi connectivity index (χ1n) is 9.38. The second-order valence-electron chi connectivity index (χ2n) is 7.23. The number of rotatable bonds is 4. The lowest BCUT2D eigenvalue weighted by molar-refractivity contribution is 0.101. The van der Waals surface area contributed by atoms with Crippen LogP contribution in [0.1, 0.15) is 43.8 Å². The lowest BCUT2D eigenvalue weighted by Crippen LogP contribution is -2.05. The fourth-order valence-corrected chi connectivity index (χ4v) is 4.85. The number of thiophene rings is 1. The molecule has 0 atom stereocenters. The maximum atomic E-state index is 13.2. The molecule has 0 radical (unpaired) electrons. The number of nitrogens with zero attached hydrogens (tertiary/aromatic N) is 1. The number of nitrogens with two attached hydrogens (primary N) is 1. The van der Waals surface area contributed by atoms with Gasteiger partial charge in [-0.25, -0.2) is 4.98 Å². The van der Waals surface area contributed by atoms with E-state index >= 15 is 0 Å². The average molecular weight is 435 g/mol. The number of nitrogen functional groups attached to an aromatic ring is 1. The Kier molecular flexibility index (Phi) is 5.18. The molecule has 0 aliphatic carbocycles. The van der Waals surface area contributed by atoms with Crippen molar-refractivity contribution in [2.24, 2.45) is 0 Å². The van der Waals surface area contributed by atoms with E-state index in [1.165, 1.54) is 18.3 Å². The fraction of sp³-hybridized carbons (Fsp3) is 0.125. The van der Waals surface area contributed by atoms with Gasteiger partial charge in [-0.3, -0.25) is 9.59 Å². The minimum atomic E-state index is -0.153. The first kappa shape index (κ1) is 20.3. The lowest BCUT2D eigenvalue weighted by atomic mass is 9.93. The molecule has 0 amide bonds. The van der Waals surface area contributed by atoms with Crippen molar-refractivity contribution >= 4 is 50.4 Å². The molecule has 0 saturated carbocycles. The summed E-state index contributed by atoms with van der Waals surface area (Å²) in [6.07, 6.45) is 0. The second-order valence-corrected chi connectivity index (χ2v) is 8.67. The number of hydrogen-bond donors (Lipinski definition) is 1. The molecular weight excluding hydrogens is 416 g/mol. The van der Waals surface area contributed by atoms with Gasteiger partial charge >= 0.3 is 0 Å². The van der Waals surface area contributed by atoms with Crippen LogP contribution in [0, 0.1) is 13.8 Å². The van der Waals surface area contributed by atoms with Crippen LogP contribution in [0.2, 0.25) is 5.02 Å². The van der Waals surface area contributed by atoms with Crippen molar-refractivity contribution in [3.05, 3.63) is 80.8 Å². The third kappa shape index (κ3) is 3.40. The van der Waals surface area contributed by atoms with E-state index in [9.17, 15) is 9.59 Å². The molecule has 2 heterocycles. The molecule has 0 fully saturated rings. The molecule has 0 aliphatic rings. The predicted molar refractivity (Wildman–Crippen MR) is 124 cm³/mol. The van der Waals surface area contributed by atoms with Crippen LogP contribution in [-0.4, -0.2) is 16.6 Å². The highest BCUT2D eigenvalue weighted by molar-refractivity contribution is 7.21. The largest absolute Gasteiger partial charge is 0.397 e. The fourth-order valence-electron chi connectivity index (χ4n) is 3.61. The van der Waals surface area contributed by atoms with Gasteiger partial charge in [-0.15, -0.1) is 11.3 Å². The Hall–Kier alpha value is -3.02. The van der Waals surface area contributed by atoms with E-state index in [2.05, 4.69) is 4.98 Å². The van der Waals surface area contributed by atoms with Crippen LogP contribution in [0.15, 0.2) is 48.5 Å².